The van der Waals surface area contributed by atoms with Crippen molar-refractivity contribution in [2.75, 3.05) is 0 Å². The Morgan fingerprint density at radius 2 is 2.29 bits per heavy atom. The van der Waals surface area contributed by atoms with E-state index in [2.05, 4.69) is 4.98 Å². The first kappa shape index (κ1) is 12.1. The van der Waals surface area contributed by atoms with Gasteiger partial charge in [0.05, 0.1) is 10.7 Å². The predicted molar refractivity (Wildman–Crippen MR) is 67.2 cm³/mol. The lowest BCUT2D eigenvalue weighted by Crippen LogP contribution is -2.00. The molecule has 0 radical (unpaired) electrons. The van der Waals surface area contributed by atoms with Gasteiger partial charge in [-0.05, 0) is 19.9 Å². The molecule has 6 heteroatoms. The van der Waals surface area contributed by atoms with E-state index >= 15 is 0 Å². The Bertz CT molecular complexity index is 545. The number of nitrogens with zero attached hydrogens (tertiary/aromatic N) is 1. The number of hydrogen-bond donors (Lipinski definition) is 1. The number of aromatic carboxylic acids is 1. The zero-order valence-electron chi connectivity index (χ0n) is 9.39. The van der Waals surface area contributed by atoms with Crippen LogP contribution in [-0.2, 0) is 6.61 Å². The normalized spacial score (nSPS) is 10.5. The van der Waals surface area contributed by atoms with E-state index in [-0.39, 0.29) is 4.88 Å². The summed E-state index contributed by atoms with van der Waals surface area (Å²) in [5.74, 6) is -0.529. The molecular formula is C11H11NO3S2. The number of aryl methyl sites for hydroxylation is 2. The Morgan fingerprint density at radius 3 is 2.88 bits per heavy atom. The number of rotatable bonds is 4. The molecule has 0 spiro atoms. The Hall–Kier alpha value is -1.40. The van der Waals surface area contributed by atoms with Crippen LogP contribution in [0.3, 0.4) is 0 Å². The third-order valence-corrected chi connectivity index (χ3v) is 3.90. The zero-order chi connectivity index (χ0) is 12.4. The molecule has 0 saturated carbocycles. The summed E-state index contributed by atoms with van der Waals surface area (Å²) in [5.41, 5.74) is 0.827. The Labute approximate surface area is 107 Å². The quantitative estimate of drug-likeness (QED) is 0.926. The second-order valence-corrected chi connectivity index (χ2v) is 5.82. The van der Waals surface area contributed by atoms with Crippen molar-refractivity contribution < 1.29 is 14.6 Å². The molecule has 0 aromatic carbocycles. The van der Waals surface area contributed by atoms with Gasteiger partial charge in [-0.15, -0.1) is 22.7 Å². The maximum Gasteiger partial charge on any atom is 0.349 e. The molecule has 2 heterocycles. The zero-order valence-corrected chi connectivity index (χ0v) is 11.0. The molecule has 0 bridgehead atoms. The van der Waals surface area contributed by atoms with Crippen LogP contribution in [0.25, 0.3) is 0 Å². The maximum atomic E-state index is 11.0. The molecule has 2 aromatic heterocycles. The van der Waals surface area contributed by atoms with Crippen LogP contribution < -0.4 is 4.74 Å². The summed E-state index contributed by atoms with van der Waals surface area (Å²) in [6, 6.07) is 1.74. The van der Waals surface area contributed by atoms with E-state index in [1.165, 1.54) is 11.3 Å². The standard InChI is InChI=1S/C11H11NO3S2/c1-6-3-9(10(17-6)11(13)14)15-4-8-5-16-7(2)12-8/h3,5H,4H2,1-2H3,(H,13,14). The first-order chi connectivity index (χ1) is 8.06. The average Bonchev–Trinajstić information content (AvgIpc) is 2.82. The average molecular weight is 269 g/mol. The number of carboxylic acids is 1. The molecule has 0 aliphatic rings. The summed E-state index contributed by atoms with van der Waals surface area (Å²) >= 11 is 2.77. The van der Waals surface area contributed by atoms with Gasteiger partial charge in [-0.1, -0.05) is 0 Å². The second kappa shape index (κ2) is 4.85. The third-order valence-electron chi connectivity index (χ3n) is 2.06. The van der Waals surface area contributed by atoms with Crippen molar-refractivity contribution in [2.24, 2.45) is 0 Å². The molecule has 2 aromatic rings. The van der Waals surface area contributed by atoms with Crippen molar-refractivity contribution in [3.8, 4) is 5.75 Å². The molecule has 4 nitrogen and oxygen atoms in total. The van der Waals surface area contributed by atoms with E-state index in [1.807, 2.05) is 19.2 Å². The number of carboxylic acid groups (broad SMARTS) is 1. The minimum atomic E-state index is -0.951. The van der Waals surface area contributed by atoms with Gasteiger partial charge in [-0.2, -0.15) is 0 Å². The van der Waals surface area contributed by atoms with Gasteiger partial charge < -0.3 is 9.84 Å². The van der Waals surface area contributed by atoms with Crippen LogP contribution in [0, 0.1) is 13.8 Å². The molecule has 0 aliphatic carbocycles. The lowest BCUT2D eigenvalue weighted by Gasteiger charge is -2.02. The van der Waals surface area contributed by atoms with Crippen LogP contribution in [0.15, 0.2) is 11.4 Å². The van der Waals surface area contributed by atoms with Gasteiger partial charge >= 0.3 is 5.97 Å². The summed E-state index contributed by atoms with van der Waals surface area (Å²) in [6.45, 7) is 4.09. The van der Waals surface area contributed by atoms with Crippen molar-refractivity contribution in [1.29, 1.82) is 0 Å². The van der Waals surface area contributed by atoms with Crippen molar-refractivity contribution in [3.05, 3.63) is 31.9 Å². The number of ether oxygens (including phenoxy) is 1. The van der Waals surface area contributed by atoms with Crippen LogP contribution in [0.5, 0.6) is 5.75 Å². The molecule has 0 atom stereocenters. The smallest absolute Gasteiger partial charge is 0.349 e. The van der Waals surface area contributed by atoms with Crippen LogP contribution in [0.4, 0.5) is 0 Å². The van der Waals surface area contributed by atoms with E-state index in [1.54, 1.807) is 17.4 Å². The Kier molecular flexibility index (Phi) is 3.44. The molecule has 0 saturated heterocycles. The molecule has 0 fully saturated rings. The third kappa shape index (κ3) is 2.83. The van der Waals surface area contributed by atoms with Crippen LogP contribution in [-0.4, -0.2) is 16.1 Å². The topological polar surface area (TPSA) is 59.4 Å². The summed E-state index contributed by atoms with van der Waals surface area (Å²) in [4.78, 5) is 16.4. The predicted octanol–water partition coefficient (Wildman–Crippen LogP) is 3.10. The highest BCUT2D eigenvalue weighted by Crippen LogP contribution is 2.29. The molecule has 90 valence electrons. The van der Waals surface area contributed by atoms with E-state index in [0.717, 1.165) is 15.6 Å². The van der Waals surface area contributed by atoms with Crippen LogP contribution in [0.2, 0.25) is 0 Å². The highest BCUT2D eigenvalue weighted by Gasteiger charge is 2.15. The largest absolute Gasteiger partial charge is 0.485 e. The van der Waals surface area contributed by atoms with Gasteiger partial charge in [0, 0.05) is 10.3 Å². The number of carbonyl (C=O) groups is 1. The van der Waals surface area contributed by atoms with Crippen molar-refractivity contribution in [3.63, 3.8) is 0 Å². The molecule has 0 amide bonds. The molecular weight excluding hydrogens is 258 g/mol. The van der Waals surface area contributed by atoms with E-state index in [9.17, 15) is 4.79 Å². The first-order valence-corrected chi connectivity index (χ1v) is 6.63. The monoisotopic (exact) mass is 269 g/mol. The Morgan fingerprint density at radius 1 is 1.53 bits per heavy atom. The summed E-state index contributed by atoms with van der Waals surface area (Å²) < 4.78 is 5.49. The minimum Gasteiger partial charge on any atom is -0.485 e. The van der Waals surface area contributed by atoms with Gasteiger partial charge in [-0.25, -0.2) is 9.78 Å². The van der Waals surface area contributed by atoms with Gasteiger partial charge in [0.25, 0.3) is 0 Å². The van der Waals surface area contributed by atoms with Gasteiger partial charge in [0.15, 0.2) is 4.88 Å². The fourth-order valence-electron chi connectivity index (χ4n) is 1.37. The number of thiazole rings is 1. The highest BCUT2D eigenvalue weighted by molar-refractivity contribution is 7.14. The molecule has 2 rings (SSSR count). The Balaban J connectivity index is 2.11. The summed E-state index contributed by atoms with van der Waals surface area (Å²) in [7, 11) is 0. The number of aromatic nitrogens is 1. The molecule has 0 aliphatic heterocycles. The fourth-order valence-corrected chi connectivity index (χ4v) is 2.76. The van der Waals surface area contributed by atoms with E-state index < -0.39 is 5.97 Å². The maximum absolute atomic E-state index is 11.0. The lowest BCUT2D eigenvalue weighted by atomic mass is 10.4. The first-order valence-electron chi connectivity index (χ1n) is 4.94. The second-order valence-electron chi connectivity index (χ2n) is 3.50. The van der Waals surface area contributed by atoms with Crippen LogP contribution >= 0.6 is 22.7 Å². The highest BCUT2D eigenvalue weighted by atomic mass is 32.1. The van der Waals surface area contributed by atoms with E-state index in [4.69, 9.17) is 9.84 Å². The van der Waals surface area contributed by atoms with E-state index in [0.29, 0.717) is 12.4 Å². The molecule has 0 unspecified atom stereocenters. The lowest BCUT2D eigenvalue weighted by molar-refractivity contribution is 0.0697. The van der Waals surface area contributed by atoms with Gasteiger partial charge in [0.1, 0.15) is 12.4 Å². The van der Waals surface area contributed by atoms with Crippen molar-refractivity contribution in [1.82, 2.24) is 4.98 Å². The van der Waals surface area contributed by atoms with Gasteiger partial charge in [-0.3, -0.25) is 0 Å². The number of hydrogen-bond acceptors (Lipinski definition) is 5. The fraction of sp³-hybridized carbons (Fsp3) is 0.273. The van der Waals surface area contributed by atoms with Gasteiger partial charge in [0.2, 0.25) is 0 Å². The van der Waals surface area contributed by atoms with Crippen molar-refractivity contribution in [2.45, 2.75) is 20.5 Å². The molecule has 17 heavy (non-hydrogen) atoms. The SMILES string of the molecule is Cc1cc(OCc2csc(C)n2)c(C(=O)O)s1. The minimum absolute atomic E-state index is 0.245. The molecule has 1 N–H and O–H groups in total. The van der Waals surface area contributed by atoms with Crippen molar-refractivity contribution >= 4 is 28.6 Å². The number of thiophene rings is 1. The summed E-state index contributed by atoms with van der Waals surface area (Å²) in [5, 5.41) is 11.9. The van der Waals surface area contributed by atoms with Crippen LogP contribution in [0.1, 0.15) is 25.3 Å². The summed E-state index contributed by atoms with van der Waals surface area (Å²) in [6.07, 6.45) is 0.